The number of amides is 2. The molecule has 6 aliphatic rings. The lowest BCUT2D eigenvalue weighted by molar-refractivity contribution is -0.265. The monoisotopic (exact) mass is 374 g/mol. The minimum absolute atomic E-state index is 0.0147. The Hall–Kier alpha value is -0.980. The van der Waals surface area contributed by atoms with E-state index in [4.69, 9.17) is 9.47 Å². The van der Waals surface area contributed by atoms with Gasteiger partial charge in [0.1, 0.15) is 6.10 Å². The van der Waals surface area contributed by atoms with Crippen LogP contribution in [0.25, 0.3) is 0 Å². The summed E-state index contributed by atoms with van der Waals surface area (Å²) in [4.78, 5) is 27.5. The van der Waals surface area contributed by atoms with Gasteiger partial charge in [-0.1, -0.05) is 25.7 Å². The molecule has 0 bridgehead atoms. The lowest BCUT2D eigenvalue weighted by Gasteiger charge is -2.52. The van der Waals surface area contributed by atoms with E-state index in [2.05, 4.69) is 5.32 Å². The molecular formula is C21H30N2O4. The summed E-state index contributed by atoms with van der Waals surface area (Å²) in [5.41, 5.74) is 0. The van der Waals surface area contributed by atoms with Crippen molar-refractivity contribution >= 4 is 11.8 Å². The van der Waals surface area contributed by atoms with Crippen molar-refractivity contribution in [3.05, 3.63) is 0 Å². The van der Waals surface area contributed by atoms with Gasteiger partial charge in [-0.15, -0.1) is 0 Å². The zero-order valence-corrected chi connectivity index (χ0v) is 16.0. The zero-order chi connectivity index (χ0) is 18.3. The fourth-order valence-corrected chi connectivity index (χ4v) is 7.38. The molecule has 6 fully saturated rings. The second-order valence-electron chi connectivity index (χ2n) is 9.67. The molecule has 6 nitrogen and oxygen atoms in total. The van der Waals surface area contributed by atoms with Gasteiger partial charge in [-0.25, -0.2) is 0 Å². The number of likely N-dealkylation sites (tertiary alicyclic amines) is 1. The van der Waals surface area contributed by atoms with E-state index in [0.29, 0.717) is 12.0 Å². The molecule has 3 aliphatic heterocycles. The fourth-order valence-electron chi connectivity index (χ4n) is 7.38. The number of hydrogen-bond donors (Lipinski definition) is 1. The Balaban J connectivity index is 1.41. The standard InChI is InChI=1S/C21H30N2O4/c1-23-20(24)15-14-10-6-2-3-7-11(10)22-17(14)19-18(16(15)21(23)25)26-12-8-4-5-9-13(12)27-19/h10-19,22H,2-9H2,1H3. The van der Waals surface area contributed by atoms with Crippen LogP contribution >= 0.6 is 0 Å². The number of rotatable bonds is 0. The summed E-state index contributed by atoms with van der Waals surface area (Å²) in [7, 11) is 1.65. The van der Waals surface area contributed by atoms with Crippen LogP contribution in [0.3, 0.4) is 0 Å². The average Bonchev–Trinajstić information content (AvgIpc) is 3.18. The molecule has 0 radical (unpaired) electrons. The number of imide groups is 1. The maximum Gasteiger partial charge on any atom is 0.235 e. The highest BCUT2D eigenvalue weighted by molar-refractivity contribution is 6.05. The molecule has 1 N–H and O–H groups in total. The Labute approximate surface area is 160 Å². The molecule has 0 aromatic heterocycles. The third-order valence-corrected chi connectivity index (χ3v) is 8.51. The van der Waals surface area contributed by atoms with Gasteiger partial charge in [0.05, 0.1) is 30.1 Å². The van der Waals surface area contributed by atoms with Crippen LogP contribution in [-0.4, -0.2) is 60.3 Å². The van der Waals surface area contributed by atoms with Crippen molar-refractivity contribution in [1.29, 1.82) is 0 Å². The molecule has 6 heteroatoms. The number of carbonyl (C=O) groups excluding carboxylic acids is 2. The van der Waals surface area contributed by atoms with E-state index in [-0.39, 0.29) is 60.0 Å². The summed E-state index contributed by atoms with van der Waals surface area (Å²) >= 11 is 0. The van der Waals surface area contributed by atoms with E-state index in [1.165, 1.54) is 30.6 Å². The minimum atomic E-state index is -0.348. The van der Waals surface area contributed by atoms with Gasteiger partial charge >= 0.3 is 0 Å². The maximum absolute atomic E-state index is 13.1. The second-order valence-corrected chi connectivity index (χ2v) is 9.67. The normalized spacial score (nSPS) is 54.0. The molecule has 0 aromatic rings. The highest BCUT2D eigenvalue weighted by Gasteiger charge is 2.67. The van der Waals surface area contributed by atoms with E-state index >= 15 is 0 Å². The predicted molar refractivity (Wildman–Crippen MR) is 96.7 cm³/mol. The molecule has 10 atom stereocenters. The lowest BCUT2D eigenvalue weighted by Crippen LogP contribution is -2.66. The maximum atomic E-state index is 13.1. The van der Waals surface area contributed by atoms with Gasteiger partial charge in [0.15, 0.2) is 0 Å². The SMILES string of the molecule is CN1C(=O)C2C3OC4CCCCC4OC3C3NC4CCCCC4C3C2C1=O. The van der Waals surface area contributed by atoms with E-state index < -0.39 is 0 Å². The third-order valence-electron chi connectivity index (χ3n) is 8.51. The molecule has 0 aromatic carbocycles. The first-order valence-corrected chi connectivity index (χ1v) is 11.0. The quantitative estimate of drug-likeness (QED) is 0.651. The van der Waals surface area contributed by atoms with Gasteiger partial charge in [-0.05, 0) is 37.5 Å². The van der Waals surface area contributed by atoms with Crippen molar-refractivity contribution in [2.75, 3.05) is 7.05 Å². The smallest absolute Gasteiger partial charge is 0.235 e. The van der Waals surface area contributed by atoms with Crippen LogP contribution in [0.15, 0.2) is 0 Å². The largest absolute Gasteiger partial charge is 0.369 e. The van der Waals surface area contributed by atoms with Crippen LogP contribution in [0.2, 0.25) is 0 Å². The predicted octanol–water partition coefficient (Wildman–Crippen LogP) is 1.47. The molecule has 3 heterocycles. The number of nitrogens with zero attached hydrogens (tertiary/aromatic N) is 1. The highest BCUT2D eigenvalue weighted by Crippen LogP contribution is 2.54. The van der Waals surface area contributed by atoms with E-state index in [0.717, 1.165) is 25.7 Å². The van der Waals surface area contributed by atoms with Crippen molar-refractivity contribution < 1.29 is 19.1 Å². The summed E-state index contributed by atoms with van der Waals surface area (Å²) in [6.45, 7) is 0. The summed E-state index contributed by atoms with van der Waals surface area (Å²) in [6, 6.07) is 0.616. The number of fused-ring (bicyclic) bond motifs is 9. The van der Waals surface area contributed by atoms with Crippen LogP contribution in [0.1, 0.15) is 51.4 Å². The van der Waals surface area contributed by atoms with E-state index in [9.17, 15) is 9.59 Å². The zero-order valence-electron chi connectivity index (χ0n) is 16.0. The Morgan fingerprint density at radius 2 is 1.48 bits per heavy atom. The van der Waals surface area contributed by atoms with Crippen molar-refractivity contribution in [1.82, 2.24) is 10.2 Å². The van der Waals surface area contributed by atoms with Crippen molar-refractivity contribution in [2.24, 2.45) is 23.7 Å². The molecule has 6 rings (SSSR count). The molecule has 3 saturated carbocycles. The molecular weight excluding hydrogens is 344 g/mol. The second kappa shape index (κ2) is 6.01. The number of nitrogens with one attached hydrogen (secondary N) is 1. The van der Waals surface area contributed by atoms with E-state index in [1.54, 1.807) is 7.05 Å². The third kappa shape index (κ3) is 2.24. The Morgan fingerprint density at radius 3 is 2.26 bits per heavy atom. The Kier molecular flexibility index (Phi) is 3.77. The molecule has 3 aliphatic carbocycles. The van der Waals surface area contributed by atoms with Crippen LogP contribution < -0.4 is 5.32 Å². The Morgan fingerprint density at radius 1 is 0.852 bits per heavy atom. The first kappa shape index (κ1) is 16.9. The highest BCUT2D eigenvalue weighted by atomic mass is 16.6. The van der Waals surface area contributed by atoms with E-state index in [1.807, 2.05) is 0 Å². The summed E-state index contributed by atoms with van der Waals surface area (Å²) in [5, 5.41) is 3.87. The summed E-state index contributed by atoms with van der Waals surface area (Å²) in [5.74, 6) is 0.105. The van der Waals surface area contributed by atoms with Gasteiger partial charge < -0.3 is 14.8 Å². The minimum Gasteiger partial charge on any atom is -0.369 e. The summed E-state index contributed by atoms with van der Waals surface area (Å²) < 4.78 is 13.2. The van der Waals surface area contributed by atoms with Gasteiger partial charge in [0, 0.05) is 19.1 Å². The van der Waals surface area contributed by atoms with Gasteiger partial charge in [-0.2, -0.15) is 0 Å². The van der Waals surface area contributed by atoms with Crippen LogP contribution in [0, 0.1) is 23.7 Å². The van der Waals surface area contributed by atoms with Gasteiger partial charge in [0.2, 0.25) is 11.8 Å². The van der Waals surface area contributed by atoms with Crippen molar-refractivity contribution in [2.45, 2.75) is 87.9 Å². The summed E-state index contributed by atoms with van der Waals surface area (Å²) in [6.07, 6.45) is 9.14. The molecule has 27 heavy (non-hydrogen) atoms. The molecule has 10 unspecified atom stereocenters. The first-order chi connectivity index (χ1) is 13.1. The lowest BCUT2D eigenvalue weighted by atomic mass is 9.62. The fraction of sp³-hybridized carbons (Fsp3) is 0.905. The molecule has 3 saturated heterocycles. The van der Waals surface area contributed by atoms with Crippen molar-refractivity contribution in [3.63, 3.8) is 0 Å². The molecule has 148 valence electrons. The van der Waals surface area contributed by atoms with Crippen LogP contribution in [0.5, 0.6) is 0 Å². The number of hydrogen-bond acceptors (Lipinski definition) is 5. The topological polar surface area (TPSA) is 67.9 Å². The Bertz CT molecular complexity index is 669. The average molecular weight is 374 g/mol. The van der Waals surface area contributed by atoms with Crippen LogP contribution in [0.4, 0.5) is 0 Å². The van der Waals surface area contributed by atoms with Gasteiger partial charge in [-0.3, -0.25) is 14.5 Å². The van der Waals surface area contributed by atoms with Gasteiger partial charge in [0.25, 0.3) is 0 Å². The van der Waals surface area contributed by atoms with Crippen molar-refractivity contribution in [3.8, 4) is 0 Å². The van der Waals surface area contributed by atoms with Crippen LogP contribution in [-0.2, 0) is 19.1 Å². The molecule has 2 amide bonds. The molecule has 0 spiro atoms. The first-order valence-electron chi connectivity index (χ1n) is 11.0. The number of carbonyl (C=O) groups is 2. The number of ether oxygens (including phenoxy) is 2.